The molecule has 0 radical (unpaired) electrons. The lowest BCUT2D eigenvalue weighted by atomic mass is 10.3. The van der Waals surface area contributed by atoms with E-state index in [9.17, 15) is 9.59 Å². The van der Waals surface area contributed by atoms with Crippen LogP contribution in [0.2, 0.25) is 5.02 Å². The van der Waals surface area contributed by atoms with E-state index in [0.29, 0.717) is 26.6 Å². The smallest absolute Gasteiger partial charge is 0.234 e. The third kappa shape index (κ3) is 5.28. The highest BCUT2D eigenvalue weighted by Crippen LogP contribution is 2.25. The zero-order chi connectivity index (χ0) is 15.9. The van der Waals surface area contributed by atoms with E-state index in [-0.39, 0.29) is 17.6 Å². The van der Waals surface area contributed by atoms with Gasteiger partial charge in [0.05, 0.1) is 5.75 Å². The number of rotatable bonds is 6. The van der Waals surface area contributed by atoms with Gasteiger partial charge in [-0.05, 0) is 24.3 Å². The van der Waals surface area contributed by atoms with Crippen LogP contribution >= 0.6 is 34.7 Å². The third-order valence-electron chi connectivity index (χ3n) is 2.43. The maximum atomic E-state index is 11.8. The lowest BCUT2D eigenvalue weighted by molar-refractivity contribution is -0.116. The van der Waals surface area contributed by atoms with Gasteiger partial charge >= 0.3 is 0 Å². The summed E-state index contributed by atoms with van der Waals surface area (Å²) in [6.45, 7) is 1.76. The molecule has 1 heterocycles. The lowest BCUT2D eigenvalue weighted by Crippen LogP contribution is -2.13. The van der Waals surface area contributed by atoms with E-state index in [1.165, 1.54) is 23.1 Å². The van der Waals surface area contributed by atoms with Crippen LogP contribution in [0.25, 0.3) is 0 Å². The molecule has 0 spiro atoms. The van der Waals surface area contributed by atoms with Gasteiger partial charge in [-0.2, -0.15) is 0 Å². The van der Waals surface area contributed by atoms with Gasteiger partial charge in [-0.25, -0.2) is 0 Å². The minimum Gasteiger partial charge on any atom is -0.325 e. The summed E-state index contributed by atoms with van der Waals surface area (Å²) in [6.07, 6.45) is 0.381. The molecule has 9 heteroatoms. The molecule has 0 fully saturated rings. The summed E-state index contributed by atoms with van der Waals surface area (Å²) in [4.78, 5) is 23.1. The van der Waals surface area contributed by atoms with Crippen LogP contribution in [0.5, 0.6) is 0 Å². The Morgan fingerprint density at radius 1 is 1.18 bits per heavy atom. The van der Waals surface area contributed by atoms with Gasteiger partial charge in [0.25, 0.3) is 0 Å². The lowest BCUT2D eigenvalue weighted by Gasteiger charge is -2.03. The molecule has 2 amide bonds. The fourth-order valence-electron chi connectivity index (χ4n) is 1.38. The highest BCUT2D eigenvalue weighted by molar-refractivity contribution is 8.01. The zero-order valence-corrected chi connectivity index (χ0v) is 14.0. The van der Waals surface area contributed by atoms with Gasteiger partial charge in [-0.15, -0.1) is 10.2 Å². The first-order valence-electron chi connectivity index (χ1n) is 6.38. The van der Waals surface area contributed by atoms with E-state index in [1.54, 1.807) is 31.2 Å². The van der Waals surface area contributed by atoms with Crippen LogP contribution in [0, 0.1) is 0 Å². The molecule has 0 atom stereocenters. The van der Waals surface area contributed by atoms with Crippen molar-refractivity contribution >= 4 is 57.3 Å². The molecule has 0 aliphatic rings. The number of carbonyl (C=O) groups is 2. The van der Waals surface area contributed by atoms with E-state index in [4.69, 9.17) is 11.6 Å². The molecule has 2 N–H and O–H groups in total. The van der Waals surface area contributed by atoms with E-state index < -0.39 is 0 Å². The predicted molar refractivity (Wildman–Crippen MR) is 89.6 cm³/mol. The minimum absolute atomic E-state index is 0.117. The molecule has 0 saturated heterocycles. The van der Waals surface area contributed by atoms with Gasteiger partial charge in [0.2, 0.25) is 16.9 Å². The second-order valence-corrected chi connectivity index (χ2v) is 6.76. The average molecular weight is 357 g/mol. The molecule has 0 bridgehead atoms. The SMILES string of the molecule is CCC(=O)Nc1nnc(SCC(=O)Nc2ccc(Cl)cc2)s1. The summed E-state index contributed by atoms with van der Waals surface area (Å²) in [5.41, 5.74) is 0.683. The van der Waals surface area contributed by atoms with Crippen LogP contribution in [-0.2, 0) is 9.59 Å². The van der Waals surface area contributed by atoms with E-state index in [0.717, 1.165) is 0 Å². The molecule has 0 aliphatic heterocycles. The molecule has 116 valence electrons. The Balaban J connectivity index is 1.81. The fraction of sp³-hybridized carbons (Fsp3) is 0.231. The minimum atomic E-state index is -0.151. The standard InChI is InChI=1S/C13H13ClN4O2S2/c1-2-10(19)16-12-17-18-13(22-12)21-7-11(20)15-9-5-3-8(14)4-6-9/h3-6H,2,7H2,1H3,(H,15,20)(H,16,17,19). The van der Waals surface area contributed by atoms with Gasteiger partial charge in [0.15, 0.2) is 4.34 Å². The first-order valence-corrected chi connectivity index (χ1v) is 8.56. The maximum absolute atomic E-state index is 11.8. The average Bonchev–Trinajstić information content (AvgIpc) is 2.95. The van der Waals surface area contributed by atoms with Crippen molar-refractivity contribution in [2.24, 2.45) is 0 Å². The molecule has 22 heavy (non-hydrogen) atoms. The number of halogens is 1. The monoisotopic (exact) mass is 356 g/mol. The van der Waals surface area contributed by atoms with Crippen molar-refractivity contribution in [1.29, 1.82) is 0 Å². The zero-order valence-electron chi connectivity index (χ0n) is 11.6. The van der Waals surface area contributed by atoms with Crippen LogP contribution in [-0.4, -0.2) is 27.8 Å². The number of anilines is 2. The number of benzene rings is 1. The Labute approximate surface area is 140 Å². The molecular weight excluding hydrogens is 344 g/mol. The van der Waals surface area contributed by atoms with Gasteiger partial charge < -0.3 is 10.6 Å². The first-order chi connectivity index (χ1) is 10.6. The van der Waals surface area contributed by atoms with Gasteiger partial charge in [-0.3, -0.25) is 9.59 Å². The number of aromatic nitrogens is 2. The van der Waals surface area contributed by atoms with E-state index in [1.807, 2.05) is 0 Å². The van der Waals surface area contributed by atoms with Crippen molar-refractivity contribution in [1.82, 2.24) is 10.2 Å². The maximum Gasteiger partial charge on any atom is 0.234 e. The Kier molecular flexibility index (Phi) is 6.17. The third-order valence-corrected chi connectivity index (χ3v) is 4.65. The van der Waals surface area contributed by atoms with Crippen molar-refractivity contribution < 1.29 is 9.59 Å². The van der Waals surface area contributed by atoms with Crippen molar-refractivity contribution in [2.75, 3.05) is 16.4 Å². The summed E-state index contributed by atoms with van der Waals surface area (Å²) in [5.74, 6) is -0.0613. The molecule has 6 nitrogen and oxygen atoms in total. The summed E-state index contributed by atoms with van der Waals surface area (Å²) in [7, 11) is 0. The van der Waals surface area contributed by atoms with E-state index >= 15 is 0 Å². The molecule has 1 aromatic carbocycles. The number of hydrogen-bond donors (Lipinski definition) is 2. The summed E-state index contributed by atoms with van der Waals surface area (Å²) in [5, 5.41) is 14.2. The second kappa shape index (κ2) is 8.11. The van der Waals surface area contributed by atoms with Crippen LogP contribution in [0.1, 0.15) is 13.3 Å². The summed E-state index contributed by atoms with van der Waals surface area (Å²) >= 11 is 8.28. The summed E-state index contributed by atoms with van der Waals surface area (Å²) in [6, 6.07) is 6.87. The molecule has 2 aromatic rings. The Morgan fingerprint density at radius 3 is 2.59 bits per heavy atom. The Bertz CT molecular complexity index is 660. The molecular formula is C13H13ClN4O2S2. The van der Waals surface area contributed by atoms with Crippen LogP contribution in [0.3, 0.4) is 0 Å². The van der Waals surface area contributed by atoms with Crippen LogP contribution < -0.4 is 10.6 Å². The highest BCUT2D eigenvalue weighted by Gasteiger charge is 2.10. The Morgan fingerprint density at radius 2 is 1.91 bits per heavy atom. The number of carbonyl (C=O) groups excluding carboxylic acids is 2. The number of nitrogens with one attached hydrogen (secondary N) is 2. The number of amides is 2. The van der Waals surface area contributed by atoms with E-state index in [2.05, 4.69) is 20.8 Å². The number of hydrogen-bond acceptors (Lipinski definition) is 6. The normalized spacial score (nSPS) is 10.3. The van der Waals surface area contributed by atoms with Crippen molar-refractivity contribution in [3.8, 4) is 0 Å². The molecule has 0 aliphatic carbocycles. The Hall–Kier alpha value is -1.64. The quantitative estimate of drug-likeness (QED) is 0.613. The molecule has 0 unspecified atom stereocenters. The summed E-state index contributed by atoms with van der Waals surface area (Å²) < 4.78 is 0.623. The van der Waals surface area contributed by atoms with Crippen LogP contribution in [0.4, 0.5) is 10.8 Å². The number of thioether (sulfide) groups is 1. The van der Waals surface area contributed by atoms with Gasteiger partial charge in [0, 0.05) is 17.1 Å². The van der Waals surface area contributed by atoms with Gasteiger partial charge in [0.1, 0.15) is 0 Å². The largest absolute Gasteiger partial charge is 0.325 e. The molecule has 0 saturated carbocycles. The number of nitrogens with zero attached hydrogens (tertiary/aromatic N) is 2. The van der Waals surface area contributed by atoms with Crippen LogP contribution in [0.15, 0.2) is 28.6 Å². The van der Waals surface area contributed by atoms with Gasteiger partial charge in [-0.1, -0.05) is 41.6 Å². The highest BCUT2D eigenvalue weighted by atomic mass is 35.5. The topological polar surface area (TPSA) is 84.0 Å². The van der Waals surface area contributed by atoms with Crippen molar-refractivity contribution in [3.63, 3.8) is 0 Å². The fourth-order valence-corrected chi connectivity index (χ4v) is 3.08. The molecule has 1 aromatic heterocycles. The van der Waals surface area contributed by atoms with Crippen molar-refractivity contribution in [3.05, 3.63) is 29.3 Å². The first kappa shape index (κ1) is 16.7. The molecule has 2 rings (SSSR count). The second-order valence-electron chi connectivity index (χ2n) is 4.12. The predicted octanol–water partition coefficient (Wildman–Crippen LogP) is 3.27. The van der Waals surface area contributed by atoms with Crippen molar-refractivity contribution in [2.45, 2.75) is 17.7 Å².